The molecule has 0 saturated heterocycles. The van der Waals surface area contributed by atoms with Crippen LogP contribution in [0.1, 0.15) is 0 Å². The van der Waals surface area contributed by atoms with Crippen molar-refractivity contribution < 1.29 is 0 Å². The average molecular weight is 109 g/mol. The number of rotatable bonds is 0. The predicted molar refractivity (Wildman–Crippen MR) is 30.4 cm³/mol. The summed E-state index contributed by atoms with van der Waals surface area (Å²) in [5.41, 5.74) is 12.0. The van der Waals surface area contributed by atoms with Gasteiger partial charge in [0.15, 0.2) is 0 Å². The first-order chi connectivity index (χ1) is 3.79. The number of nitrogens with zero attached hydrogens (tertiary/aromatic N) is 2. The second-order valence-corrected chi connectivity index (χ2v) is 1.31. The number of nitrogens with two attached hydrogens (primary N) is 1. The van der Waals surface area contributed by atoms with Gasteiger partial charge in [-0.05, 0) is 12.3 Å². The fraction of sp³-hybridized carbons (Fsp3) is 0. The first kappa shape index (κ1) is 4.83. The number of aromatic nitrogens is 2. The van der Waals surface area contributed by atoms with E-state index in [1.807, 2.05) is 0 Å². The average Bonchev–Trinajstić information content (AvgIpc) is 1.64. The van der Waals surface area contributed by atoms with Crippen LogP contribution in [-0.2, 0) is 0 Å². The smallest absolute Gasteiger partial charge is 0.0525 e. The Morgan fingerprint density at radius 3 is 2.75 bits per heavy atom. The van der Waals surface area contributed by atoms with E-state index < -0.39 is 0 Å². The highest BCUT2D eigenvalue weighted by Crippen LogP contribution is 2.00. The van der Waals surface area contributed by atoms with E-state index in [1.165, 1.54) is 12.3 Å². The van der Waals surface area contributed by atoms with Crippen LogP contribution in [0.25, 0.3) is 5.73 Å². The maximum atomic E-state index is 6.83. The molecule has 4 nitrogen and oxygen atoms in total. The summed E-state index contributed by atoms with van der Waals surface area (Å²) in [4.78, 5) is 7.02. The lowest BCUT2D eigenvalue weighted by atomic mass is 10.6. The van der Waals surface area contributed by atoms with E-state index in [0.717, 1.165) is 0 Å². The molecule has 0 aromatic carbocycles. The first-order valence-electron chi connectivity index (χ1n) is 2.09. The van der Waals surface area contributed by atoms with Crippen LogP contribution in [0.2, 0.25) is 0 Å². The van der Waals surface area contributed by atoms with Crippen molar-refractivity contribution in [1.29, 1.82) is 0 Å². The minimum absolute atomic E-state index is 0.0370. The Morgan fingerprint density at radius 2 is 2.38 bits per heavy atom. The summed E-state index contributed by atoms with van der Waals surface area (Å²) >= 11 is 0. The van der Waals surface area contributed by atoms with Crippen LogP contribution < -0.4 is 5.73 Å². The molecule has 3 N–H and O–H groups in total. The van der Waals surface area contributed by atoms with Gasteiger partial charge in [-0.3, -0.25) is 0 Å². The van der Waals surface area contributed by atoms with E-state index in [9.17, 15) is 0 Å². The molecular weight excluding hydrogens is 104 g/mol. The Labute approximate surface area is 46.6 Å². The van der Waals surface area contributed by atoms with Crippen LogP contribution in [0.3, 0.4) is 0 Å². The summed E-state index contributed by atoms with van der Waals surface area (Å²) in [6.07, 6.45) is 1.45. The Kier molecular flexibility index (Phi) is 0.997. The van der Waals surface area contributed by atoms with Crippen molar-refractivity contribution in [1.82, 2.24) is 9.97 Å². The normalized spacial score (nSPS) is 9.00. The molecule has 0 amide bonds. The third kappa shape index (κ3) is 0.841. The molecule has 0 bridgehead atoms. The van der Waals surface area contributed by atoms with Crippen molar-refractivity contribution >= 4 is 11.8 Å². The summed E-state index contributed by atoms with van der Waals surface area (Å²) < 4.78 is 0. The molecule has 0 saturated carbocycles. The Balaban J connectivity index is 3.08. The van der Waals surface area contributed by atoms with Crippen molar-refractivity contribution in [2.24, 2.45) is 0 Å². The van der Waals surface area contributed by atoms with Gasteiger partial charge in [0, 0.05) is 5.95 Å². The van der Waals surface area contributed by atoms with E-state index in [0.29, 0.717) is 5.82 Å². The molecule has 0 atom stereocenters. The van der Waals surface area contributed by atoms with Crippen LogP contribution in [0.5, 0.6) is 0 Å². The zero-order valence-corrected chi connectivity index (χ0v) is 4.13. The molecule has 42 valence electrons. The van der Waals surface area contributed by atoms with Gasteiger partial charge in [0.1, 0.15) is 0 Å². The third-order valence-electron chi connectivity index (χ3n) is 0.677. The zero-order valence-electron chi connectivity index (χ0n) is 4.13. The molecule has 0 aliphatic carbocycles. The fourth-order valence-corrected chi connectivity index (χ4v) is 0.373. The molecular formula is C4H5N4-. The van der Waals surface area contributed by atoms with Crippen molar-refractivity contribution in [3.63, 3.8) is 0 Å². The van der Waals surface area contributed by atoms with Gasteiger partial charge >= 0.3 is 0 Å². The van der Waals surface area contributed by atoms with Crippen LogP contribution in [-0.4, -0.2) is 9.97 Å². The van der Waals surface area contributed by atoms with Crippen LogP contribution in [0, 0.1) is 0 Å². The van der Waals surface area contributed by atoms with Crippen LogP contribution in [0.4, 0.5) is 11.8 Å². The van der Waals surface area contributed by atoms with Gasteiger partial charge in [-0.1, -0.05) is 0 Å². The van der Waals surface area contributed by atoms with Crippen molar-refractivity contribution in [3.05, 3.63) is 18.0 Å². The number of hydrogen-bond acceptors (Lipinski definition) is 3. The molecule has 0 aliphatic heterocycles. The van der Waals surface area contributed by atoms with Gasteiger partial charge in [-0.15, -0.1) is 0 Å². The second kappa shape index (κ2) is 1.65. The highest BCUT2D eigenvalue weighted by molar-refractivity contribution is 5.33. The molecule has 0 spiro atoms. The molecule has 0 radical (unpaired) electrons. The zero-order chi connectivity index (χ0) is 5.98. The molecule has 0 aliphatic rings. The standard InChI is InChI=1S/C4H5N4/c5-3-1-2-7-4(6)8-3/h1-2H,(H3-,5,6,7,8)/q-1. The molecule has 4 heteroatoms. The lowest BCUT2D eigenvalue weighted by Gasteiger charge is -2.00. The SMILES string of the molecule is [NH-]c1nccc(N)n1. The lowest BCUT2D eigenvalue weighted by molar-refractivity contribution is 1.22. The predicted octanol–water partition coefficient (Wildman–Crippen LogP) is 0.742. The second-order valence-electron chi connectivity index (χ2n) is 1.31. The van der Waals surface area contributed by atoms with Crippen molar-refractivity contribution in [3.8, 4) is 0 Å². The molecule has 1 rings (SSSR count). The molecule has 1 aromatic rings. The lowest BCUT2D eigenvalue weighted by Crippen LogP contribution is -1.88. The summed E-state index contributed by atoms with van der Waals surface area (Å²) in [5, 5.41) is 0. The van der Waals surface area contributed by atoms with Crippen LogP contribution in [0.15, 0.2) is 12.3 Å². The van der Waals surface area contributed by atoms with E-state index in [1.54, 1.807) is 0 Å². The van der Waals surface area contributed by atoms with Crippen molar-refractivity contribution in [2.75, 3.05) is 5.73 Å². The molecule has 8 heavy (non-hydrogen) atoms. The number of anilines is 1. The first-order valence-corrected chi connectivity index (χ1v) is 2.09. The van der Waals surface area contributed by atoms with E-state index in [4.69, 9.17) is 11.5 Å². The topological polar surface area (TPSA) is 75.6 Å². The summed E-state index contributed by atoms with van der Waals surface area (Å²) in [5.74, 6) is 0.301. The monoisotopic (exact) mass is 109 g/mol. The van der Waals surface area contributed by atoms with E-state index in [2.05, 4.69) is 9.97 Å². The largest absolute Gasteiger partial charge is 0.410 e. The summed E-state index contributed by atoms with van der Waals surface area (Å²) in [6, 6.07) is 1.54. The maximum Gasteiger partial charge on any atom is 0.0525 e. The molecule has 0 fully saturated rings. The van der Waals surface area contributed by atoms with Gasteiger partial charge in [0.25, 0.3) is 0 Å². The molecule has 1 aromatic heterocycles. The van der Waals surface area contributed by atoms with E-state index >= 15 is 0 Å². The molecule has 1 heterocycles. The summed E-state index contributed by atoms with van der Waals surface area (Å²) in [6.45, 7) is 0. The third-order valence-corrected chi connectivity index (χ3v) is 0.677. The maximum absolute atomic E-state index is 6.83. The van der Waals surface area contributed by atoms with Gasteiger partial charge in [-0.25, -0.2) is 0 Å². The molecule has 0 unspecified atom stereocenters. The summed E-state index contributed by atoms with van der Waals surface area (Å²) in [7, 11) is 0. The Hall–Kier alpha value is -1.32. The Bertz CT molecular complexity index is 168. The van der Waals surface area contributed by atoms with Gasteiger partial charge < -0.3 is 21.4 Å². The quantitative estimate of drug-likeness (QED) is 0.533. The van der Waals surface area contributed by atoms with Gasteiger partial charge in [-0.2, -0.15) is 0 Å². The number of nitrogens with one attached hydrogen (secondary N) is 1. The van der Waals surface area contributed by atoms with Gasteiger partial charge in [0.2, 0.25) is 0 Å². The van der Waals surface area contributed by atoms with Gasteiger partial charge in [0.05, 0.1) is 5.82 Å². The van der Waals surface area contributed by atoms with Crippen molar-refractivity contribution in [2.45, 2.75) is 0 Å². The minimum atomic E-state index is -0.0370. The highest BCUT2D eigenvalue weighted by Gasteiger charge is 1.73. The Morgan fingerprint density at radius 1 is 1.62 bits per heavy atom. The minimum Gasteiger partial charge on any atom is -0.410 e. The number of nitrogen functional groups attached to an aromatic ring is 1. The van der Waals surface area contributed by atoms with Crippen LogP contribution >= 0.6 is 0 Å². The van der Waals surface area contributed by atoms with E-state index in [-0.39, 0.29) is 5.95 Å². The number of hydrogen-bond donors (Lipinski definition) is 1. The highest BCUT2D eigenvalue weighted by atomic mass is 15.0. The fourth-order valence-electron chi connectivity index (χ4n) is 0.373.